The molecule has 0 heterocycles. The molecule has 2 aliphatic rings. The number of nitrogens with one attached hydrogen (secondary N) is 1. The van der Waals surface area contributed by atoms with E-state index in [1.807, 2.05) is 49.4 Å². The molecule has 1 unspecified atom stereocenters. The third-order valence-electron chi connectivity index (χ3n) is 6.09. The number of ketones is 2. The second kappa shape index (κ2) is 9.25. The molecule has 2 aliphatic carbocycles. The molecule has 31 heavy (non-hydrogen) atoms. The summed E-state index contributed by atoms with van der Waals surface area (Å²) in [6.07, 6.45) is 5.11. The van der Waals surface area contributed by atoms with E-state index < -0.39 is 5.92 Å². The quantitative estimate of drug-likeness (QED) is 0.564. The average molecular weight is 414 g/mol. The number of hydrogen-bond acceptors (Lipinski definition) is 3. The van der Waals surface area contributed by atoms with E-state index >= 15 is 0 Å². The number of Topliss-reactive ketones (excluding diaryl/α,β-unsaturated/α-hetero) is 2. The summed E-state index contributed by atoms with van der Waals surface area (Å²) in [7, 11) is 0. The van der Waals surface area contributed by atoms with Gasteiger partial charge in [-0.05, 0) is 55.4 Å². The van der Waals surface area contributed by atoms with Crippen LogP contribution in [0.3, 0.4) is 0 Å². The standard InChI is InChI=1S/C27H27NO3/c1-18-12-14-20(15-13-18)25-21-10-5-11-24(29)22(21)17-23(26(25)30)27(31)28-16-6-9-19-7-3-2-4-8-19/h2-4,7-8,12-15,17,25H,5-6,9-11,16H2,1H3,(H,28,31). The van der Waals surface area contributed by atoms with E-state index in [2.05, 4.69) is 17.4 Å². The van der Waals surface area contributed by atoms with Gasteiger partial charge in [-0.25, -0.2) is 0 Å². The molecular formula is C27H27NO3. The monoisotopic (exact) mass is 413 g/mol. The summed E-state index contributed by atoms with van der Waals surface area (Å²) in [4.78, 5) is 38.9. The van der Waals surface area contributed by atoms with Crippen LogP contribution in [0.2, 0.25) is 0 Å². The molecule has 2 aromatic rings. The minimum atomic E-state index is -0.546. The number of carbonyl (C=O) groups is 3. The molecule has 1 N–H and O–H groups in total. The zero-order chi connectivity index (χ0) is 21.8. The van der Waals surface area contributed by atoms with E-state index in [1.54, 1.807) is 0 Å². The first-order valence-corrected chi connectivity index (χ1v) is 11.0. The molecule has 0 bridgehead atoms. The molecule has 0 aromatic heterocycles. The van der Waals surface area contributed by atoms with Gasteiger partial charge >= 0.3 is 0 Å². The minimum absolute atomic E-state index is 0.0280. The number of hydrogen-bond donors (Lipinski definition) is 1. The van der Waals surface area contributed by atoms with Crippen LogP contribution in [0.25, 0.3) is 0 Å². The Morgan fingerprint density at radius 3 is 2.48 bits per heavy atom. The van der Waals surface area contributed by atoms with Crippen molar-refractivity contribution < 1.29 is 14.4 Å². The molecule has 1 amide bonds. The van der Waals surface area contributed by atoms with Gasteiger partial charge < -0.3 is 5.32 Å². The summed E-state index contributed by atoms with van der Waals surface area (Å²) in [5, 5.41) is 2.88. The highest BCUT2D eigenvalue weighted by atomic mass is 16.2. The Balaban J connectivity index is 1.53. The number of rotatable bonds is 6. The van der Waals surface area contributed by atoms with Crippen LogP contribution in [0, 0.1) is 6.92 Å². The molecule has 4 rings (SSSR count). The lowest BCUT2D eigenvalue weighted by Crippen LogP contribution is -2.35. The van der Waals surface area contributed by atoms with E-state index in [0.717, 1.165) is 36.0 Å². The van der Waals surface area contributed by atoms with Crippen molar-refractivity contribution in [3.05, 3.63) is 94.1 Å². The van der Waals surface area contributed by atoms with Crippen molar-refractivity contribution >= 4 is 17.5 Å². The van der Waals surface area contributed by atoms with Gasteiger partial charge in [-0.2, -0.15) is 0 Å². The maximum Gasteiger partial charge on any atom is 0.254 e. The summed E-state index contributed by atoms with van der Waals surface area (Å²) in [5.41, 5.74) is 4.69. The summed E-state index contributed by atoms with van der Waals surface area (Å²) < 4.78 is 0. The van der Waals surface area contributed by atoms with E-state index in [4.69, 9.17) is 0 Å². The van der Waals surface area contributed by atoms with Gasteiger partial charge in [0.1, 0.15) is 0 Å². The highest BCUT2D eigenvalue weighted by Crippen LogP contribution is 2.40. The SMILES string of the molecule is Cc1ccc(C2C(=O)C(C(=O)NCCCc3ccccc3)=CC3=C2CCCC3=O)cc1. The lowest BCUT2D eigenvalue weighted by atomic mass is 9.72. The molecule has 0 spiro atoms. The zero-order valence-corrected chi connectivity index (χ0v) is 17.8. The topological polar surface area (TPSA) is 63.2 Å². The molecule has 0 fully saturated rings. The lowest BCUT2D eigenvalue weighted by Gasteiger charge is -2.29. The minimum Gasteiger partial charge on any atom is -0.352 e. The molecule has 1 atom stereocenters. The third kappa shape index (κ3) is 4.58. The molecule has 4 heteroatoms. The number of carbonyl (C=O) groups excluding carboxylic acids is 3. The van der Waals surface area contributed by atoms with Crippen molar-refractivity contribution in [1.29, 1.82) is 0 Å². The Hall–Kier alpha value is -3.27. The second-order valence-electron chi connectivity index (χ2n) is 8.33. The Bertz CT molecular complexity index is 1060. The van der Waals surface area contributed by atoms with Crippen LogP contribution in [0.4, 0.5) is 0 Å². The third-order valence-corrected chi connectivity index (χ3v) is 6.09. The number of benzene rings is 2. The van der Waals surface area contributed by atoms with E-state index in [-0.39, 0.29) is 23.0 Å². The molecule has 0 radical (unpaired) electrons. The fourth-order valence-electron chi connectivity index (χ4n) is 4.41. The fraction of sp³-hybridized carbons (Fsp3) is 0.296. The Labute approximate surface area is 183 Å². The van der Waals surface area contributed by atoms with Crippen molar-refractivity contribution in [3.63, 3.8) is 0 Å². The normalized spacial score (nSPS) is 18.5. The van der Waals surface area contributed by atoms with Crippen LogP contribution in [0.1, 0.15) is 48.3 Å². The molecular weight excluding hydrogens is 386 g/mol. The van der Waals surface area contributed by atoms with Crippen LogP contribution in [-0.2, 0) is 20.8 Å². The van der Waals surface area contributed by atoms with Crippen molar-refractivity contribution in [1.82, 2.24) is 5.32 Å². The van der Waals surface area contributed by atoms with Gasteiger partial charge in [-0.3, -0.25) is 14.4 Å². The average Bonchev–Trinajstić information content (AvgIpc) is 2.78. The number of aryl methyl sites for hydroxylation is 2. The molecule has 158 valence electrons. The largest absolute Gasteiger partial charge is 0.352 e. The summed E-state index contributed by atoms with van der Waals surface area (Å²) in [6, 6.07) is 17.9. The van der Waals surface area contributed by atoms with E-state index in [9.17, 15) is 14.4 Å². The van der Waals surface area contributed by atoms with E-state index in [1.165, 1.54) is 11.6 Å². The van der Waals surface area contributed by atoms with Gasteiger partial charge in [-0.1, -0.05) is 60.2 Å². The van der Waals surface area contributed by atoms with Gasteiger partial charge in [0.25, 0.3) is 5.91 Å². The predicted octanol–water partition coefficient (Wildman–Crippen LogP) is 4.39. The highest BCUT2D eigenvalue weighted by molar-refractivity contribution is 6.25. The fourth-order valence-corrected chi connectivity index (χ4v) is 4.41. The summed E-state index contributed by atoms with van der Waals surface area (Å²) in [5.74, 6) is -1.12. The van der Waals surface area contributed by atoms with Crippen LogP contribution >= 0.6 is 0 Å². The van der Waals surface area contributed by atoms with Crippen LogP contribution in [0.5, 0.6) is 0 Å². The number of allylic oxidation sites excluding steroid dienone is 3. The van der Waals surface area contributed by atoms with Gasteiger partial charge in [0, 0.05) is 18.5 Å². The summed E-state index contributed by atoms with van der Waals surface area (Å²) in [6.45, 7) is 2.48. The van der Waals surface area contributed by atoms with Crippen molar-refractivity contribution in [2.45, 2.75) is 44.9 Å². The van der Waals surface area contributed by atoms with Gasteiger partial charge in [0.15, 0.2) is 11.6 Å². The second-order valence-corrected chi connectivity index (χ2v) is 8.33. The molecule has 4 nitrogen and oxygen atoms in total. The predicted molar refractivity (Wildman–Crippen MR) is 121 cm³/mol. The lowest BCUT2D eigenvalue weighted by molar-refractivity contribution is -0.123. The first-order valence-electron chi connectivity index (χ1n) is 11.0. The highest BCUT2D eigenvalue weighted by Gasteiger charge is 2.38. The van der Waals surface area contributed by atoms with Crippen molar-refractivity contribution in [2.24, 2.45) is 0 Å². The maximum absolute atomic E-state index is 13.4. The zero-order valence-electron chi connectivity index (χ0n) is 17.8. The summed E-state index contributed by atoms with van der Waals surface area (Å²) >= 11 is 0. The molecule has 0 saturated heterocycles. The van der Waals surface area contributed by atoms with Crippen molar-refractivity contribution in [3.8, 4) is 0 Å². The molecule has 2 aromatic carbocycles. The Morgan fingerprint density at radius 2 is 1.74 bits per heavy atom. The molecule has 0 aliphatic heterocycles. The van der Waals surface area contributed by atoms with Gasteiger partial charge in [0.2, 0.25) is 0 Å². The van der Waals surface area contributed by atoms with Gasteiger partial charge in [0.05, 0.1) is 11.5 Å². The van der Waals surface area contributed by atoms with Crippen LogP contribution < -0.4 is 5.32 Å². The maximum atomic E-state index is 13.4. The molecule has 0 saturated carbocycles. The first kappa shape index (κ1) is 21.0. The number of amides is 1. The Morgan fingerprint density at radius 1 is 1.00 bits per heavy atom. The van der Waals surface area contributed by atoms with Crippen molar-refractivity contribution in [2.75, 3.05) is 6.54 Å². The Kier molecular flexibility index (Phi) is 6.26. The van der Waals surface area contributed by atoms with Crippen LogP contribution in [0.15, 0.2) is 77.4 Å². The van der Waals surface area contributed by atoms with E-state index in [0.29, 0.717) is 25.0 Å². The van der Waals surface area contributed by atoms with Crippen LogP contribution in [-0.4, -0.2) is 24.0 Å². The first-order chi connectivity index (χ1) is 15.0. The van der Waals surface area contributed by atoms with Gasteiger partial charge in [-0.15, -0.1) is 0 Å². The smallest absolute Gasteiger partial charge is 0.254 e.